The van der Waals surface area contributed by atoms with Crippen LogP contribution in [0.15, 0.2) is 35.2 Å². The fraction of sp³-hybridized carbons (Fsp3) is 0.500. The van der Waals surface area contributed by atoms with E-state index in [-0.39, 0.29) is 18.0 Å². The van der Waals surface area contributed by atoms with Crippen molar-refractivity contribution in [2.75, 3.05) is 13.1 Å². The van der Waals surface area contributed by atoms with E-state index in [2.05, 4.69) is 0 Å². The molecule has 3 rings (SSSR count). The zero-order valence-corrected chi connectivity index (χ0v) is 12.2. The van der Waals surface area contributed by atoms with E-state index in [1.54, 1.807) is 30.3 Å². The SMILES string of the molecule is CCN1C(=O)C[C@@H]2[C@@H]1CCN2S(=O)(=O)c1ccccc1. The summed E-state index contributed by atoms with van der Waals surface area (Å²) in [4.78, 5) is 14.1. The average Bonchev–Trinajstić information content (AvgIpc) is 2.97. The number of nitrogens with zero attached hydrogens (tertiary/aromatic N) is 2. The molecule has 108 valence electrons. The molecule has 2 fully saturated rings. The van der Waals surface area contributed by atoms with Crippen molar-refractivity contribution < 1.29 is 13.2 Å². The highest BCUT2D eigenvalue weighted by molar-refractivity contribution is 7.89. The van der Waals surface area contributed by atoms with Gasteiger partial charge in [0.05, 0.1) is 17.0 Å². The minimum Gasteiger partial charge on any atom is -0.338 e. The van der Waals surface area contributed by atoms with Gasteiger partial charge >= 0.3 is 0 Å². The number of amides is 1. The van der Waals surface area contributed by atoms with Gasteiger partial charge in [0.2, 0.25) is 15.9 Å². The minimum atomic E-state index is -3.49. The molecule has 5 nitrogen and oxygen atoms in total. The second-order valence-electron chi connectivity index (χ2n) is 5.24. The summed E-state index contributed by atoms with van der Waals surface area (Å²) in [6, 6.07) is 8.30. The van der Waals surface area contributed by atoms with Gasteiger partial charge in [-0.15, -0.1) is 0 Å². The molecule has 0 bridgehead atoms. The number of rotatable bonds is 3. The van der Waals surface area contributed by atoms with E-state index < -0.39 is 10.0 Å². The molecule has 2 atom stereocenters. The lowest BCUT2D eigenvalue weighted by Crippen LogP contribution is -2.39. The summed E-state index contributed by atoms with van der Waals surface area (Å²) in [5.41, 5.74) is 0. The van der Waals surface area contributed by atoms with Crippen LogP contribution in [0.25, 0.3) is 0 Å². The van der Waals surface area contributed by atoms with Crippen molar-refractivity contribution in [1.82, 2.24) is 9.21 Å². The van der Waals surface area contributed by atoms with E-state index in [1.807, 2.05) is 11.8 Å². The number of carbonyl (C=O) groups excluding carboxylic acids is 1. The van der Waals surface area contributed by atoms with Crippen molar-refractivity contribution >= 4 is 15.9 Å². The van der Waals surface area contributed by atoms with Crippen molar-refractivity contribution in [2.45, 2.75) is 36.7 Å². The maximum Gasteiger partial charge on any atom is 0.243 e. The van der Waals surface area contributed by atoms with Crippen molar-refractivity contribution in [2.24, 2.45) is 0 Å². The largest absolute Gasteiger partial charge is 0.338 e. The van der Waals surface area contributed by atoms with Gasteiger partial charge in [-0.25, -0.2) is 8.42 Å². The van der Waals surface area contributed by atoms with Crippen LogP contribution in [-0.2, 0) is 14.8 Å². The average molecular weight is 294 g/mol. The molecule has 0 N–H and O–H groups in total. The van der Waals surface area contributed by atoms with Crippen molar-refractivity contribution in [3.63, 3.8) is 0 Å². The molecule has 0 unspecified atom stereocenters. The molecular weight excluding hydrogens is 276 g/mol. The molecule has 2 heterocycles. The van der Waals surface area contributed by atoms with Gasteiger partial charge in [0.1, 0.15) is 0 Å². The van der Waals surface area contributed by atoms with Crippen molar-refractivity contribution in [1.29, 1.82) is 0 Å². The fourth-order valence-corrected chi connectivity index (χ4v) is 5.02. The van der Waals surface area contributed by atoms with Crippen LogP contribution in [-0.4, -0.2) is 48.7 Å². The lowest BCUT2D eigenvalue weighted by Gasteiger charge is -2.24. The summed E-state index contributed by atoms with van der Waals surface area (Å²) < 4.78 is 26.9. The molecule has 2 saturated heterocycles. The highest BCUT2D eigenvalue weighted by Crippen LogP contribution is 2.35. The Kier molecular flexibility index (Phi) is 3.30. The quantitative estimate of drug-likeness (QED) is 0.838. The summed E-state index contributed by atoms with van der Waals surface area (Å²) in [6.07, 6.45) is 1.04. The lowest BCUT2D eigenvalue weighted by molar-refractivity contribution is -0.128. The van der Waals surface area contributed by atoms with Crippen LogP contribution in [0.1, 0.15) is 19.8 Å². The molecule has 0 aromatic heterocycles. The van der Waals surface area contributed by atoms with E-state index in [0.29, 0.717) is 24.4 Å². The normalized spacial score (nSPS) is 27.1. The Morgan fingerprint density at radius 3 is 2.55 bits per heavy atom. The van der Waals surface area contributed by atoms with Crippen molar-refractivity contribution in [3.8, 4) is 0 Å². The van der Waals surface area contributed by atoms with Crippen LogP contribution in [0.4, 0.5) is 0 Å². The van der Waals surface area contributed by atoms with Crippen molar-refractivity contribution in [3.05, 3.63) is 30.3 Å². The zero-order valence-electron chi connectivity index (χ0n) is 11.4. The molecular formula is C14H18N2O3S. The van der Waals surface area contributed by atoms with E-state index >= 15 is 0 Å². The van der Waals surface area contributed by atoms with Gasteiger partial charge in [-0.1, -0.05) is 18.2 Å². The fourth-order valence-electron chi connectivity index (χ4n) is 3.33. The predicted molar refractivity (Wildman–Crippen MR) is 74.5 cm³/mol. The molecule has 20 heavy (non-hydrogen) atoms. The maximum absolute atomic E-state index is 12.7. The molecule has 0 spiro atoms. The maximum atomic E-state index is 12.7. The third-order valence-electron chi connectivity index (χ3n) is 4.25. The number of hydrogen-bond donors (Lipinski definition) is 0. The van der Waals surface area contributed by atoms with Gasteiger partial charge in [-0.05, 0) is 25.5 Å². The van der Waals surface area contributed by atoms with Gasteiger partial charge in [-0.2, -0.15) is 4.31 Å². The first kappa shape index (κ1) is 13.6. The zero-order chi connectivity index (χ0) is 14.3. The Labute approximate surface area is 119 Å². The Balaban J connectivity index is 1.92. The molecule has 2 aliphatic heterocycles. The molecule has 1 aromatic rings. The first-order valence-corrected chi connectivity index (χ1v) is 8.36. The van der Waals surface area contributed by atoms with Gasteiger partial charge in [0.25, 0.3) is 0 Å². The number of carbonyl (C=O) groups is 1. The third-order valence-corrected chi connectivity index (χ3v) is 6.19. The van der Waals surface area contributed by atoms with Gasteiger partial charge in [0.15, 0.2) is 0 Å². The van der Waals surface area contributed by atoms with Crippen LogP contribution >= 0.6 is 0 Å². The summed E-state index contributed by atoms with van der Waals surface area (Å²) in [7, 11) is -3.49. The molecule has 2 aliphatic rings. The lowest BCUT2D eigenvalue weighted by atomic mass is 10.1. The first-order valence-electron chi connectivity index (χ1n) is 6.92. The van der Waals surface area contributed by atoms with E-state index in [1.165, 1.54) is 4.31 Å². The summed E-state index contributed by atoms with van der Waals surface area (Å²) in [6.45, 7) is 3.09. The molecule has 1 amide bonds. The van der Waals surface area contributed by atoms with E-state index in [0.717, 1.165) is 6.42 Å². The van der Waals surface area contributed by atoms with Gasteiger partial charge < -0.3 is 4.90 Å². The number of sulfonamides is 1. The number of likely N-dealkylation sites (tertiary alicyclic amines) is 1. The standard InChI is InChI=1S/C14H18N2O3S/c1-2-15-12-8-9-16(13(12)10-14(15)17)20(18,19)11-6-4-3-5-7-11/h3-7,12-13H,2,8-10H2,1H3/t12-,13+/m0/s1. The molecule has 6 heteroatoms. The number of fused-ring (bicyclic) bond motifs is 1. The number of benzene rings is 1. The van der Waals surface area contributed by atoms with Crippen LogP contribution in [0.5, 0.6) is 0 Å². The summed E-state index contributed by atoms with van der Waals surface area (Å²) in [5, 5.41) is 0. The van der Waals surface area contributed by atoms with Gasteiger partial charge in [-0.3, -0.25) is 4.79 Å². The van der Waals surface area contributed by atoms with Crippen LogP contribution < -0.4 is 0 Å². The molecule has 1 aromatic carbocycles. The Morgan fingerprint density at radius 2 is 1.90 bits per heavy atom. The van der Waals surface area contributed by atoms with E-state index in [4.69, 9.17) is 0 Å². The number of likely N-dealkylation sites (N-methyl/N-ethyl adjacent to an activating group) is 1. The van der Waals surface area contributed by atoms with Crippen LogP contribution in [0.2, 0.25) is 0 Å². The highest BCUT2D eigenvalue weighted by Gasteiger charge is 2.50. The Bertz CT molecular complexity index is 615. The number of hydrogen-bond acceptors (Lipinski definition) is 3. The van der Waals surface area contributed by atoms with Crippen LogP contribution in [0, 0.1) is 0 Å². The molecule has 0 radical (unpaired) electrons. The first-order chi connectivity index (χ1) is 9.55. The van der Waals surface area contributed by atoms with Gasteiger partial charge in [0, 0.05) is 19.5 Å². The Morgan fingerprint density at radius 1 is 1.20 bits per heavy atom. The smallest absolute Gasteiger partial charge is 0.243 e. The predicted octanol–water partition coefficient (Wildman–Crippen LogP) is 1.07. The molecule has 0 saturated carbocycles. The highest BCUT2D eigenvalue weighted by atomic mass is 32.2. The topological polar surface area (TPSA) is 57.7 Å². The van der Waals surface area contributed by atoms with E-state index in [9.17, 15) is 13.2 Å². The second-order valence-corrected chi connectivity index (χ2v) is 7.13. The Hall–Kier alpha value is -1.40. The summed E-state index contributed by atoms with van der Waals surface area (Å²) in [5.74, 6) is 0.0652. The minimum absolute atomic E-state index is 0.0472. The molecule has 0 aliphatic carbocycles. The second kappa shape index (κ2) is 4.86. The monoisotopic (exact) mass is 294 g/mol. The summed E-state index contributed by atoms with van der Waals surface area (Å²) >= 11 is 0. The third kappa shape index (κ3) is 1.94. The van der Waals surface area contributed by atoms with Crippen LogP contribution in [0.3, 0.4) is 0 Å².